The number of anilines is 2. The number of carbonyl (C=O) groups is 1. The standard InChI is InChI=1S/C21H27N5O3.H2/c1-13-8-17(21(2,3)28)22-9-15(13)16-10-23-19-20(24-16)26(12-18(27)25-19)11-14-4-6-29-7-5-14;/h8-10,14,28H,4-7,11-12H2,1-3H3,(H,23,25,27);1H. The summed E-state index contributed by atoms with van der Waals surface area (Å²) >= 11 is 0. The van der Waals surface area contributed by atoms with Gasteiger partial charge in [0, 0.05) is 32.9 Å². The molecule has 156 valence electrons. The Bertz CT molecular complexity index is 925. The summed E-state index contributed by atoms with van der Waals surface area (Å²) in [7, 11) is 0. The van der Waals surface area contributed by atoms with Crippen LogP contribution < -0.4 is 10.2 Å². The SMILES string of the molecule is Cc1cc(C(C)(C)O)ncc1-c1cnc2c(n1)N(CC1CCOCC1)CC(=O)N2.[HH]. The molecule has 0 aromatic carbocycles. The molecule has 1 saturated heterocycles. The molecule has 8 heteroatoms. The van der Waals surface area contributed by atoms with Crippen molar-refractivity contribution in [3.05, 3.63) is 29.7 Å². The van der Waals surface area contributed by atoms with Gasteiger partial charge in [-0.15, -0.1) is 0 Å². The van der Waals surface area contributed by atoms with Crippen molar-refractivity contribution in [3.8, 4) is 11.3 Å². The smallest absolute Gasteiger partial charge is 0.245 e. The van der Waals surface area contributed by atoms with Crippen molar-refractivity contribution in [1.29, 1.82) is 0 Å². The van der Waals surface area contributed by atoms with Crippen LogP contribution >= 0.6 is 0 Å². The van der Waals surface area contributed by atoms with Gasteiger partial charge in [-0.1, -0.05) is 0 Å². The third kappa shape index (κ3) is 4.23. The third-order valence-electron chi connectivity index (χ3n) is 5.48. The second-order valence-electron chi connectivity index (χ2n) is 8.36. The maximum Gasteiger partial charge on any atom is 0.245 e. The molecule has 0 unspecified atom stereocenters. The number of hydrogen-bond donors (Lipinski definition) is 2. The molecule has 0 saturated carbocycles. The second-order valence-corrected chi connectivity index (χ2v) is 8.36. The molecular formula is C21H29N5O3. The summed E-state index contributed by atoms with van der Waals surface area (Å²) in [5, 5.41) is 13.0. The zero-order valence-corrected chi connectivity index (χ0v) is 17.1. The van der Waals surface area contributed by atoms with E-state index in [1.54, 1.807) is 26.2 Å². The number of amides is 1. The first kappa shape index (κ1) is 19.7. The highest BCUT2D eigenvalue weighted by Gasteiger charge is 2.28. The molecule has 0 spiro atoms. The van der Waals surface area contributed by atoms with Gasteiger partial charge in [-0.05, 0) is 51.2 Å². The van der Waals surface area contributed by atoms with E-state index in [1.165, 1.54) is 0 Å². The highest BCUT2D eigenvalue weighted by atomic mass is 16.5. The van der Waals surface area contributed by atoms with Crippen molar-refractivity contribution in [1.82, 2.24) is 15.0 Å². The highest BCUT2D eigenvalue weighted by Crippen LogP contribution is 2.32. The minimum Gasteiger partial charge on any atom is -0.384 e. The number of aromatic nitrogens is 3. The first-order valence-corrected chi connectivity index (χ1v) is 10.0. The number of aliphatic hydroxyl groups is 1. The van der Waals surface area contributed by atoms with Crippen LogP contribution in [-0.4, -0.2) is 52.3 Å². The molecule has 0 atom stereocenters. The van der Waals surface area contributed by atoms with Gasteiger partial charge in [0.15, 0.2) is 11.6 Å². The largest absolute Gasteiger partial charge is 0.384 e. The van der Waals surface area contributed by atoms with Crippen molar-refractivity contribution in [3.63, 3.8) is 0 Å². The number of nitrogens with one attached hydrogen (secondary N) is 1. The lowest BCUT2D eigenvalue weighted by Crippen LogP contribution is -2.42. The van der Waals surface area contributed by atoms with Gasteiger partial charge in [0.25, 0.3) is 0 Å². The average molecular weight is 399 g/mol. The Hall–Kier alpha value is -2.58. The molecule has 2 aliphatic rings. The van der Waals surface area contributed by atoms with E-state index >= 15 is 0 Å². The van der Waals surface area contributed by atoms with Crippen molar-refractivity contribution >= 4 is 17.5 Å². The Morgan fingerprint density at radius 1 is 1.31 bits per heavy atom. The molecule has 4 rings (SSSR count). The number of fused-ring (bicyclic) bond motifs is 1. The second kappa shape index (κ2) is 7.68. The Labute approximate surface area is 171 Å². The van der Waals surface area contributed by atoms with Gasteiger partial charge in [-0.25, -0.2) is 9.97 Å². The molecule has 2 aliphatic heterocycles. The quantitative estimate of drug-likeness (QED) is 0.815. The maximum absolute atomic E-state index is 12.1. The summed E-state index contributed by atoms with van der Waals surface area (Å²) in [6, 6.07) is 1.87. The molecule has 0 aliphatic carbocycles. The molecule has 8 nitrogen and oxygen atoms in total. The predicted molar refractivity (Wildman–Crippen MR) is 112 cm³/mol. The minimum absolute atomic E-state index is 0. The van der Waals surface area contributed by atoms with E-state index in [4.69, 9.17) is 9.72 Å². The van der Waals surface area contributed by atoms with Crippen LogP contribution in [0.25, 0.3) is 11.3 Å². The van der Waals surface area contributed by atoms with Gasteiger partial charge in [-0.3, -0.25) is 9.78 Å². The fourth-order valence-corrected chi connectivity index (χ4v) is 3.79. The van der Waals surface area contributed by atoms with Crippen LogP contribution in [0.1, 0.15) is 39.4 Å². The average Bonchev–Trinajstić information content (AvgIpc) is 2.68. The van der Waals surface area contributed by atoms with E-state index in [0.29, 0.717) is 28.9 Å². The number of pyridine rings is 1. The van der Waals surface area contributed by atoms with Gasteiger partial charge in [0.2, 0.25) is 5.91 Å². The van der Waals surface area contributed by atoms with E-state index < -0.39 is 5.60 Å². The normalized spacial score (nSPS) is 17.8. The number of rotatable bonds is 4. The summed E-state index contributed by atoms with van der Waals surface area (Å²) in [5.41, 5.74) is 2.12. The van der Waals surface area contributed by atoms with Crippen molar-refractivity contribution in [2.75, 3.05) is 36.5 Å². The van der Waals surface area contributed by atoms with Gasteiger partial charge in [0.05, 0.1) is 24.1 Å². The number of ether oxygens (including phenoxy) is 1. The Morgan fingerprint density at radius 2 is 2.07 bits per heavy atom. The van der Waals surface area contributed by atoms with Gasteiger partial charge >= 0.3 is 0 Å². The van der Waals surface area contributed by atoms with Crippen LogP contribution in [0, 0.1) is 12.8 Å². The fraction of sp³-hybridized carbons (Fsp3) is 0.524. The first-order chi connectivity index (χ1) is 13.8. The highest BCUT2D eigenvalue weighted by molar-refractivity contribution is 5.99. The lowest BCUT2D eigenvalue weighted by atomic mass is 9.99. The Morgan fingerprint density at radius 3 is 2.76 bits per heavy atom. The van der Waals surface area contributed by atoms with Crippen LogP contribution in [0.5, 0.6) is 0 Å². The number of carbonyl (C=O) groups excluding carboxylic acids is 1. The summed E-state index contributed by atoms with van der Waals surface area (Å²) in [6.07, 6.45) is 5.36. The van der Waals surface area contributed by atoms with Gasteiger partial charge in [-0.2, -0.15) is 0 Å². The van der Waals surface area contributed by atoms with E-state index in [1.807, 2.05) is 17.9 Å². The van der Waals surface area contributed by atoms with Crippen molar-refractivity contribution < 1.29 is 16.1 Å². The zero-order valence-electron chi connectivity index (χ0n) is 17.1. The molecule has 2 aromatic rings. The number of nitrogens with zero attached hydrogens (tertiary/aromatic N) is 4. The lowest BCUT2D eigenvalue weighted by Gasteiger charge is -2.33. The van der Waals surface area contributed by atoms with E-state index in [9.17, 15) is 9.90 Å². The topological polar surface area (TPSA) is 100 Å². The number of hydrogen-bond acceptors (Lipinski definition) is 7. The zero-order chi connectivity index (χ0) is 20.6. The minimum atomic E-state index is -1.00. The molecule has 29 heavy (non-hydrogen) atoms. The molecule has 1 fully saturated rings. The van der Waals surface area contributed by atoms with Crippen LogP contribution in [0.2, 0.25) is 0 Å². The van der Waals surface area contributed by atoms with Crippen molar-refractivity contribution in [2.45, 2.75) is 39.2 Å². The summed E-state index contributed by atoms with van der Waals surface area (Å²) in [4.78, 5) is 27.9. The third-order valence-corrected chi connectivity index (χ3v) is 5.48. The lowest BCUT2D eigenvalue weighted by molar-refractivity contribution is -0.115. The molecule has 0 bridgehead atoms. The monoisotopic (exact) mass is 399 g/mol. The van der Waals surface area contributed by atoms with Gasteiger partial charge in [0.1, 0.15) is 5.60 Å². The first-order valence-electron chi connectivity index (χ1n) is 10.0. The summed E-state index contributed by atoms with van der Waals surface area (Å²) < 4.78 is 5.45. The summed E-state index contributed by atoms with van der Waals surface area (Å²) in [6.45, 7) is 7.96. The van der Waals surface area contributed by atoms with Crippen LogP contribution in [0.3, 0.4) is 0 Å². The molecule has 2 aromatic heterocycles. The molecule has 0 radical (unpaired) electrons. The van der Waals surface area contributed by atoms with Crippen molar-refractivity contribution in [2.24, 2.45) is 5.92 Å². The van der Waals surface area contributed by atoms with Crippen LogP contribution in [0.4, 0.5) is 11.6 Å². The molecule has 4 heterocycles. The molecule has 2 N–H and O–H groups in total. The Kier molecular flexibility index (Phi) is 5.23. The van der Waals surface area contributed by atoms with E-state index in [0.717, 1.165) is 43.7 Å². The molecule has 1 amide bonds. The fourth-order valence-electron chi connectivity index (χ4n) is 3.79. The van der Waals surface area contributed by atoms with Crippen LogP contribution in [-0.2, 0) is 15.1 Å². The van der Waals surface area contributed by atoms with Gasteiger partial charge < -0.3 is 20.1 Å². The number of aryl methyl sites for hydroxylation is 1. The predicted octanol–water partition coefficient (Wildman–Crippen LogP) is 2.51. The Balaban J connectivity index is 0.00000256. The van der Waals surface area contributed by atoms with Crippen LogP contribution in [0.15, 0.2) is 18.5 Å². The summed E-state index contributed by atoms with van der Waals surface area (Å²) in [5.74, 6) is 1.59. The maximum atomic E-state index is 12.1. The van der Waals surface area contributed by atoms with E-state index in [2.05, 4.69) is 15.3 Å². The van der Waals surface area contributed by atoms with E-state index in [-0.39, 0.29) is 13.9 Å². The molecular weight excluding hydrogens is 370 g/mol.